The smallest absolute Gasteiger partial charge is 0.138 e. The third-order valence-electron chi connectivity index (χ3n) is 3.86. The highest BCUT2D eigenvalue weighted by atomic mass is 16.5. The van der Waals surface area contributed by atoms with Crippen LogP contribution in [0.15, 0.2) is 66.7 Å². The lowest BCUT2D eigenvalue weighted by Crippen LogP contribution is -2.04. The summed E-state index contributed by atoms with van der Waals surface area (Å²) in [4.78, 5) is 0. The van der Waals surface area contributed by atoms with E-state index in [1.807, 2.05) is 30.3 Å². The zero-order valence-corrected chi connectivity index (χ0v) is 11.3. The van der Waals surface area contributed by atoms with E-state index in [4.69, 9.17) is 4.74 Å². The molecule has 0 radical (unpaired) electrons. The summed E-state index contributed by atoms with van der Waals surface area (Å²) in [6, 6.07) is 22.9. The van der Waals surface area contributed by atoms with E-state index in [9.17, 15) is 0 Å². The molecule has 0 aromatic heterocycles. The molecule has 0 saturated carbocycles. The van der Waals surface area contributed by atoms with Crippen LogP contribution in [-0.4, -0.2) is 0 Å². The number of hydrogen-bond donors (Lipinski definition) is 0. The second-order valence-corrected chi connectivity index (χ2v) is 5.08. The number of allylic oxidation sites excluding steroid dienone is 1. The molecule has 1 aliphatic heterocycles. The van der Waals surface area contributed by atoms with E-state index >= 15 is 0 Å². The third kappa shape index (κ3) is 1.56. The van der Waals surface area contributed by atoms with Crippen molar-refractivity contribution in [3.05, 3.63) is 77.9 Å². The highest BCUT2D eigenvalue weighted by Crippen LogP contribution is 2.41. The minimum absolute atomic E-state index is 0.947. The summed E-state index contributed by atoms with van der Waals surface area (Å²) >= 11 is 0. The summed E-state index contributed by atoms with van der Waals surface area (Å²) in [5, 5.41) is 2.44. The summed E-state index contributed by atoms with van der Waals surface area (Å²) in [5.41, 5.74) is 3.58. The van der Waals surface area contributed by atoms with Gasteiger partial charge in [-0.3, -0.25) is 0 Å². The van der Waals surface area contributed by atoms with Gasteiger partial charge in [-0.25, -0.2) is 0 Å². The van der Waals surface area contributed by atoms with Gasteiger partial charge in [-0.05, 0) is 23.9 Å². The van der Waals surface area contributed by atoms with Gasteiger partial charge < -0.3 is 4.74 Å². The predicted octanol–water partition coefficient (Wildman–Crippen LogP) is 5.12. The van der Waals surface area contributed by atoms with Crippen LogP contribution < -0.4 is 4.74 Å². The van der Waals surface area contributed by atoms with Crippen LogP contribution in [0.5, 0.6) is 5.75 Å². The van der Waals surface area contributed by atoms with Crippen molar-refractivity contribution in [3.8, 4) is 5.75 Å². The Balaban J connectivity index is 2.03. The van der Waals surface area contributed by atoms with Gasteiger partial charge in [-0.15, -0.1) is 0 Å². The third-order valence-corrected chi connectivity index (χ3v) is 3.86. The van der Waals surface area contributed by atoms with Crippen LogP contribution in [-0.2, 0) is 0 Å². The molecule has 1 heteroatoms. The maximum atomic E-state index is 6.18. The Morgan fingerprint density at radius 1 is 0.750 bits per heavy atom. The van der Waals surface area contributed by atoms with Crippen LogP contribution >= 0.6 is 0 Å². The fraction of sp³-hybridized carbons (Fsp3) is 0.0526. The van der Waals surface area contributed by atoms with Gasteiger partial charge in [-0.2, -0.15) is 0 Å². The molecule has 3 aromatic rings. The van der Waals surface area contributed by atoms with Gasteiger partial charge in [0.15, 0.2) is 0 Å². The average Bonchev–Trinajstić information content (AvgIpc) is 2.52. The molecule has 1 aliphatic rings. The van der Waals surface area contributed by atoms with E-state index in [1.165, 1.54) is 21.9 Å². The first-order chi connectivity index (χ1) is 9.84. The maximum absolute atomic E-state index is 6.18. The molecule has 20 heavy (non-hydrogen) atoms. The number of hydrogen-bond acceptors (Lipinski definition) is 1. The van der Waals surface area contributed by atoms with Crippen molar-refractivity contribution in [1.29, 1.82) is 0 Å². The van der Waals surface area contributed by atoms with E-state index in [1.54, 1.807) is 0 Å². The number of benzene rings is 3. The molecule has 0 atom stereocenters. The molecule has 1 heterocycles. The Morgan fingerprint density at radius 3 is 2.30 bits per heavy atom. The van der Waals surface area contributed by atoms with E-state index < -0.39 is 0 Å². The molecule has 0 N–H and O–H groups in total. The molecule has 0 bridgehead atoms. The van der Waals surface area contributed by atoms with Crippen molar-refractivity contribution >= 4 is 22.1 Å². The van der Waals surface area contributed by atoms with Gasteiger partial charge >= 0.3 is 0 Å². The lowest BCUT2D eigenvalue weighted by molar-refractivity contribution is 0.519. The molecular formula is C19H14O. The molecule has 96 valence electrons. The Hall–Kier alpha value is -2.54. The largest absolute Gasteiger partial charge is 0.456 e. The standard InChI is InChI=1S/C19H14O/c1-13-16-11-5-9-14-10-6-12-17(18(14)16)20-19(13)15-7-3-2-4-8-15/h2-12H,1H3. The van der Waals surface area contributed by atoms with Gasteiger partial charge in [0, 0.05) is 16.5 Å². The quantitative estimate of drug-likeness (QED) is 0.588. The second-order valence-electron chi connectivity index (χ2n) is 5.08. The molecule has 1 nitrogen and oxygen atoms in total. The average molecular weight is 258 g/mol. The Kier molecular flexibility index (Phi) is 2.40. The molecule has 3 aromatic carbocycles. The molecule has 0 fully saturated rings. The molecular weight excluding hydrogens is 244 g/mol. The molecule has 0 spiro atoms. The van der Waals surface area contributed by atoms with Gasteiger partial charge in [0.25, 0.3) is 0 Å². The highest BCUT2D eigenvalue weighted by Gasteiger charge is 2.20. The fourth-order valence-electron chi connectivity index (χ4n) is 2.88. The second kappa shape index (κ2) is 4.24. The molecule has 0 aliphatic carbocycles. The minimum Gasteiger partial charge on any atom is -0.456 e. The summed E-state index contributed by atoms with van der Waals surface area (Å²) in [6.45, 7) is 2.13. The fourth-order valence-corrected chi connectivity index (χ4v) is 2.88. The lowest BCUT2D eigenvalue weighted by Gasteiger charge is -2.22. The lowest BCUT2D eigenvalue weighted by atomic mass is 9.94. The zero-order chi connectivity index (χ0) is 13.5. The Bertz CT molecular complexity index is 824. The van der Waals surface area contributed by atoms with Crippen molar-refractivity contribution in [2.24, 2.45) is 0 Å². The van der Waals surface area contributed by atoms with Crippen LogP contribution in [0.25, 0.3) is 22.1 Å². The van der Waals surface area contributed by atoms with Crippen molar-refractivity contribution in [2.45, 2.75) is 6.92 Å². The van der Waals surface area contributed by atoms with Gasteiger partial charge in [0.2, 0.25) is 0 Å². The topological polar surface area (TPSA) is 9.23 Å². The van der Waals surface area contributed by atoms with E-state index in [0.29, 0.717) is 0 Å². The van der Waals surface area contributed by atoms with Crippen LogP contribution in [0, 0.1) is 0 Å². The van der Waals surface area contributed by atoms with E-state index in [0.717, 1.165) is 17.1 Å². The monoisotopic (exact) mass is 258 g/mol. The van der Waals surface area contributed by atoms with Crippen LogP contribution in [0.3, 0.4) is 0 Å². The van der Waals surface area contributed by atoms with Gasteiger partial charge in [-0.1, -0.05) is 60.7 Å². The Morgan fingerprint density at radius 2 is 1.50 bits per heavy atom. The van der Waals surface area contributed by atoms with E-state index in [2.05, 4.69) is 43.3 Å². The van der Waals surface area contributed by atoms with Crippen LogP contribution in [0.4, 0.5) is 0 Å². The first kappa shape index (κ1) is 11.3. The molecule has 0 saturated heterocycles. The molecule has 4 rings (SSSR count). The Labute approximate surface area is 118 Å². The molecule has 0 amide bonds. The number of rotatable bonds is 1. The SMILES string of the molecule is CC1=C(c2ccccc2)Oc2cccc3cccc1c23. The van der Waals surface area contributed by atoms with Gasteiger partial charge in [0.1, 0.15) is 11.5 Å². The summed E-state index contributed by atoms with van der Waals surface area (Å²) in [6.07, 6.45) is 0. The first-order valence-electron chi connectivity index (χ1n) is 6.81. The van der Waals surface area contributed by atoms with Crippen molar-refractivity contribution in [3.63, 3.8) is 0 Å². The van der Waals surface area contributed by atoms with Crippen LogP contribution in [0.1, 0.15) is 18.1 Å². The highest BCUT2D eigenvalue weighted by molar-refractivity contribution is 6.05. The predicted molar refractivity (Wildman–Crippen MR) is 83.5 cm³/mol. The minimum atomic E-state index is 0.947. The first-order valence-corrected chi connectivity index (χ1v) is 6.81. The molecule has 0 unspecified atom stereocenters. The van der Waals surface area contributed by atoms with Gasteiger partial charge in [0.05, 0.1) is 0 Å². The normalized spacial score (nSPS) is 13.4. The summed E-state index contributed by atoms with van der Waals surface area (Å²) in [7, 11) is 0. The number of ether oxygens (including phenoxy) is 1. The van der Waals surface area contributed by atoms with Crippen molar-refractivity contribution in [1.82, 2.24) is 0 Å². The van der Waals surface area contributed by atoms with Crippen molar-refractivity contribution in [2.75, 3.05) is 0 Å². The summed E-state index contributed by atoms with van der Waals surface area (Å²) < 4.78 is 6.18. The maximum Gasteiger partial charge on any atom is 0.138 e. The van der Waals surface area contributed by atoms with Crippen LogP contribution in [0.2, 0.25) is 0 Å². The van der Waals surface area contributed by atoms with E-state index in [-0.39, 0.29) is 0 Å². The summed E-state index contributed by atoms with van der Waals surface area (Å²) in [5.74, 6) is 1.90. The zero-order valence-electron chi connectivity index (χ0n) is 11.3. The van der Waals surface area contributed by atoms with Crippen molar-refractivity contribution < 1.29 is 4.74 Å².